The Morgan fingerprint density at radius 3 is 2.75 bits per heavy atom. The summed E-state index contributed by atoms with van der Waals surface area (Å²) in [6.45, 7) is 5.77. The monoisotopic (exact) mass is 219 g/mol. The lowest BCUT2D eigenvalue weighted by Gasteiger charge is -2.01. The van der Waals surface area contributed by atoms with Crippen LogP contribution in [0, 0.1) is 6.92 Å². The van der Waals surface area contributed by atoms with E-state index in [0.29, 0.717) is 0 Å². The van der Waals surface area contributed by atoms with E-state index < -0.39 is 0 Å². The van der Waals surface area contributed by atoms with Gasteiger partial charge in [0, 0.05) is 38.1 Å². The van der Waals surface area contributed by atoms with Crippen molar-refractivity contribution in [1.29, 1.82) is 0 Å². The van der Waals surface area contributed by atoms with Gasteiger partial charge in [-0.25, -0.2) is 0 Å². The number of hydrogen-bond acceptors (Lipinski definition) is 3. The average Bonchev–Trinajstić information content (AvgIpc) is 2.82. The molecule has 0 fully saturated rings. The molecule has 2 aromatic heterocycles. The van der Waals surface area contributed by atoms with E-state index in [4.69, 9.17) is 0 Å². The summed E-state index contributed by atoms with van der Waals surface area (Å²) < 4.78 is 3.74. The van der Waals surface area contributed by atoms with Crippen LogP contribution in [0.3, 0.4) is 0 Å². The lowest BCUT2D eigenvalue weighted by atomic mass is 10.3. The zero-order chi connectivity index (χ0) is 11.5. The topological polar surface area (TPSA) is 47.7 Å². The number of hydrogen-bond donors (Lipinski definition) is 1. The highest BCUT2D eigenvalue weighted by Crippen LogP contribution is 2.13. The molecule has 0 aliphatic carbocycles. The number of aromatic nitrogens is 4. The molecule has 0 aliphatic rings. The molecule has 0 saturated heterocycles. The van der Waals surface area contributed by atoms with E-state index in [1.165, 1.54) is 5.56 Å². The minimum Gasteiger partial charge on any atom is -0.378 e. The first kappa shape index (κ1) is 10.7. The lowest BCUT2D eigenvalue weighted by molar-refractivity contribution is 0.653. The Bertz CT molecular complexity index is 468. The standard InChI is InChI=1S/C11H17N5/c1-4-16-8-11(9(2)14-16)12-5-10-6-13-15(3)7-10/h6-8,12H,4-5H2,1-3H3. The van der Waals surface area contributed by atoms with Crippen molar-refractivity contribution in [1.82, 2.24) is 19.6 Å². The maximum absolute atomic E-state index is 4.38. The van der Waals surface area contributed by atoms with Crippen molar-refractivity contribution < 1.29 is 0 Å². The minimum atomic E-state index is 0.782. The third-order valence-electron chi connectivity index (χ3n) is 2.51. The van der Waals surface area contributed by atoms with Crippen LogP contribution in [-0.4, -0.2) is 19.6 Å². The summed E-state index contributed by atoms with van der Waals surface area (Å²) in [5.74, 6) is 0. The third kappa shape index (κ3) is 2.24. The van der Waals surface area contributed by atoms with Crippen LogP contribution in [0.1, 0.15) is 18.2 Å². The van der Waals surface area contributed by atoms with Crippen molar-refractivity contribution in [2.45, 2.75) is 26.9 Å². The van der Waals surface area contributed by atoms with Crippen LogP contribution >= 0.6 is 0 Å². The number of aryl methyl sites for hydroxylation is 3. The van der Waals surface area contributed by atoms with Crippen LogP contribution in [0.5, 0.6) is 0 Å². The molecule has 0 radical (unpaired) electrons. The molecule has 2 aromatic rings. The van der Waals surface area contributed by atoms with Crippen LogP contribution in [0.15, 0.2) is 18.6 Å². The molecule has 0 saturated carbocycles. The predicted molar refractivity (Wildman–Crippen MR) is 63.2 cm³/mol. The van der Waals surface area contributed by atoms with Gasteiger partial charge in [0.1, 0.15) is 0 Å². The van der Waals surface area contributed by atoms with Crippen LogP contribution < -0.4 is 5.32 Å². The maximum atomic E-state index is 4.38. The molecule has 86 valence electrons. The Balaban J connectivity index is 2.01. The van der Waals surface area contributed by atoms with Gasteiger partial charge in [-0.05, 0) is 13.8 Å². The molecule has 5 nitrogen and oxygen atoms in total. The van der Waals surface area contributed by atoms with Gasteiger partial charge in [-0.2, -0.15) is 10.2 Å². The Morgan fingerprint density at radius 1 is 1.38 bits per heavy atom. The molecular weight excluding hydrogens is 202 g/mol. The smallest absolute Gasteiger partial charge is 0.0825 e. The van der Waals surface area contributed by atoms with Crippen LogP contribution in [0.2, 0.25) is 0 Å². The van der Waals surface area contributed by atoms with Gasteiger partial charge >= 0.3 is 0 Å². The summed E-state index contributed by atoms with van der Waals surface area (Å²) in [4.78, 5) is 0. The molecule has 0 amide bonds. The van der Waals surface area contributed by atoms with Gasteiger partial charge in [0.25, 0.3) is 0 Å². The fraction of sp³-hybridized carbons (Fsp3) is 0.455. The lowest BCUT2D eigenvalue weighted by Crippen LogP contribution is -1.98. The fourth-order valence-corrected chi connectivity index (χ4v) is 1.61. The zero-order valence-corrected chi connectivity index (χ0v) is 9.94. The molecule has 0 bridgehead atoms. The van der Waals surface area contributed by atoms with E-state index in [2.05, 4.69) is 22.4 Å². The molecular formula is C11H17N5. The highest BCUT2D eigenvalue weighted by atomic mass is 15.3. The molecule has 0 spiro atoms. The van der Waals surface area contributed by atoms with Crippen molar-refractivity contribution in [3.8, 4) is 0 Å². The molecule has 0 aromatic carbocycles. The van der Waals surface area contributed by atoms with Crippen LogP contribution in [-0.2, 0) is 20.1 Å². The van der Waals surface area contributed by atoms with E-state index in [9.17, 15) is 0 Å². The summed E-state index contributed by atoms with van der Waals surface area (Å²) in [7, 11) is 1.92. The molecule has 0 unspecified atom stereocenters. The van der Waals surface area contributed by atoms with E-state index in [-0.39, 0.29) is 0 Å². The number of nitrogens with zero attached hydrogens (tertiary/aromatic N) is 4. The first-order valence-corrected chi connectivity index (χ1v) is 5.44. The Morgan fingerprint density at radius 2 is 2.19 bits per heavy atom. The van der Waals surface area contributed by atoms with E-state index in [0.717, 1.165) is 24.5 Å². The van der Waals surface area contributed by atoms with E-state index >= 15 is 0 Å². The first-order valence-electron chi connectivity index (χ1n) is 5.44. The molecule has 16 heavy (non-hydrogen) atoms. The van der Waals surface area contributed by atoms with Crippen LogP contribution in [0.4, 0.5) is 5.69 Å². The molecule has 1 N–H and O–H groups in total. The third-order valence-corrected chi connectivity index (χ3v) is 2.51. The van der Waals surface area contributed by atoms with Crippen molar-refractivity contribution >= 4 is 5.69 Å². The first-order chi connectivity index (χ1) is 7.69. The maximum Gasteiger partial charge on any atom is 0.0825 e. The predicted octanol–water partition coefficient (Wildman–Crippen LogP) is 1.56. The molecule has 0 atom stereocenters. The van der Waals surface area contributed by atoms with Gasteiger partial charge in [-0.15, -0.1) is 0 Å². The summed E-state index contributed by atoms with van der Waals surface area (Å²) in [5, 5.41) is 11.9. The quantitative estimate of drug-likeness (QED) is 0.848. The SMILES string of the molecule is CCn1cc(NCc2cnn(C)c2)c(C)n1. The van der Waals surface area contributed by atoms with Crippen molar-refractivity contribution in [2.75, 3.05) is 5.32 Å². The largest absolute Gasteiger partial charge is 0.378 e. The molecule has 5 heteroatoms. The Labute approximate surface area is 95.1 Å². The zero-order valence-electron chi connectivity index (χ0n) is 9.94. The Kier molecular flexibility index (Phi) is 2.94. The van der Waals surface area contributed by atoms with Gasteiger partial charge in [0.15, 0.2) is 0 Å². The van der Waals surface area contributed by atoms with Gasteiger partial charge < -0.3 is 5.32 Å². The van der Waals surface area contributed by atoms with Gasteiger partial charge in [0.2, 0.25) is 0 Å². The van der Waals surface area contributed by atoms with Gasteiger partial charge in [-0.1, -0.05) is 0 Å². The minimum absolute atomic E-state index is 0.782. The average molecular weight is 219 g/mol. The second kappa shape index (κ2) is 4.38. The molecule has 2 heterocycles. The highest BCUT2D eigenvalue weighted by Gasteiger charge is 2.03. The number of anilines is 1. The Hall–Kier alpha value is -1.78. The fourth-order valence-electron chi connectivity index (χ4n) is 1.61. The highest BCUT2D eigenvalue weighted by molar-refractivity contribution is 5.45. The van der Waals surface area contributed by atoms with Crippen molar-refractivity contribution in [2.24, 2.45) is 7.05 Å². The van der Waals surface area contributed by atoms with E-state index in [1.807, 2.05) is 37.2 Å². The second-order valence-electron chi connectivity index (χ2n) is 3.86. The molecule has 2 rings (SSSR count). The number of rotatable bonds is 4. The van der Waals surface area contributed by atoms with Gasteiger partial charge in [-0.3, -0.25) is 9.36 Å². The van der Waals surface area contributed by atoms with Crippen LogP contribution in [0.25, 0.3) is 0 Å². The summed E-state index contributed by atoms with van der Waals surface area (Å²) in [6.07, 6.45) is 5.91. The van der Waals surface area contributed by atoms with Gasteiger partial charge in [0.05, 0.1) is 17.6 Å². The normalized spacial score (nSPS) is 10.7. The van der Waals surface area contributed by atoms with E-state index in [1.54, 1.807) is 4.68 Å². The summed E-state index contributed by atoms with van der Waals surface area (Å²) in [6, 6.07) is 0. The van der Waals surface area contributed by atoms with Crippen molar-refractivity contribution in [3.63, 3.8) is 0 Å². The summed E-state index contributed by atoms with van der Waals surface area (Å²) in [5.41, 5.74) is 3.29. The number of nitrogens with one attached hydrogen (secondary N) is 1. The molecule has 0 aliphatic heterocycles. The summed E-state index contributed by atoms with van der Waals surface area (Å²) >= 11 is 0. The van der Waals surface area contributed by atoms with Crippen molar-refractivity contribution in [3.05, 3.63) is 29.8 Å². The second-order valence-corrected chi connectivity index (χ2v) is 3.86.